The molecule has 1 aromatic rings. The number of benzene rings is 1. The zero-order chi connectivity index (χ0) is 25.0. The second-order valence-corrected chi connectivity index (χ2v) is 12.2. The first-order valence-corrected chi connectivity index (χ1v) is 13.3. The van der Waals surface area contributed by atoms with Gasteiger partial charge in [0.25, 0.3) is 9.84 Å². The van der Waals surface area contributed by atoms with Crippen LogP contribution < -0.4 is 5.32 Å². The Morgan fingerprint density at radius 3 is 2.71 bits per heavy atom. The Kier molecular flexibility index (Phi) is 6.02. The molecule has 1 aromatic carbocycles. The maximum Gasteiger partial charge on any atom is 0.501 e. The maximum atomic E-state index is 13.0. The van der Waals surface area contributed by atoms with Crippen molar-refractivity contribution in [3.63, 3.8) is 0 Å². The fourth-order valence-corrected chi connectivity index (χ4v) is 6.90. The molecule has 0 radical (unpaired) electrons. The Balaban J connectivity index is 1.15. The van der Waals surface area contributed by atoms with E-state index in [4.69, 9.17) is 4.74 Å². The van der Waals surface area contributed by atoms with E-state index < -0.39 is 20.2 Å². The molecular formula is C23H28F3N3O5S. The first kappa shape index (κ1) is 24.4. The number of hydrogen-bond acceptors (Lipinski definition) is 5. The van der Waals surface area contributed by atoms with E-state index in [1.807, 2.05) is 4.90 Å². The van der Waals surface area contributed by atoms with Crippen molar-refractivity contribution in [3.05, 3.63) is 29.8 Å². The van der Waals surface area contributed by atoms with Gasteiger partial charge in [0, 0.05) is 31.6 Å². The summed E-state index contributed by atoms with van der Waals surface area (Å²) < 4.78 is 67.7. The topological polar surface area (TPSA) is 96.0 Å². The highest BCUT2D eigenvalue weighted by Gasteiger charge is 2.51. The predicted molar refractivity (Wildman–Crippen MR) is 118 cm³/mol. The van der Waals surface area contributed by atoms with E-state index in [1.54, 1.807) is 11.0 Å². The number of alkyl halides is 3. The molecule has 3 heterocycles. The summed E-state index contributed by atoms with van der Waals surface area (Å²) in [6.45, 7) is 2.35. The standard InChI is InChI=1S/C23H28F3N3O5S/c24-23(25,26)35(32,33)17-3-1-2-15(9-17)8-16-4-6-22(10-16)13-29(14-22)21(31)28-7-5-19-18(11-28)27-20(30)12-34-19/h1-3,9,16,18-19H,4-8,10-14H2,(H,27,30)/t16-,18-,19+/m1/s1. The smallest absolute Gasteiger partial charge is 0.366 e. The summed E-state index contributed by atoms with van der Waals surface area (Å²) in [5.41, 5.74) is -4.74. The number of piperidine rings is 1. The van der Waals surface area contributed by atoms with Crippen LogP contribution in [-0.2, 0) is 25.8 Å². The van der Waals surface area contributed by atoms with E-state index >= 15 is 0 Å². The molecule has 35 heavy (non-hydrogen) atoms. The predicted octanol–water partition coefficient (Wildman–Crippen LogP) is 2.33. The van der Waals surface area contributed by atoms with E-state index in [0.717, 1.165) is 31.4 Å². The van der Waals surface area contributed by atoms with Crippen molar-refractivity contribution in [2.24, 2.45) is 11.3 Å². The monoisotopic (exact) mass is 515 g/mol. The summed E-state index contributed by atoms with van der Waals surface area (Å²) >= 11 is 0. The van der Waals surface area contributed by atoms with Gasteiger partial charge in [-0.25, -0.2) is 13.2 Å². The molecule has 3 aliphatic heterocycles. The number of morpholine rings is 1. The minimum atomic E-state index is -5.37. The van der Waals surface area contributed by atoms with Crippen molar-refractivity contribution in [1.82, 2.24) is 15.1 Å². The Labute approximate surface area is 201 Å². The van der Waals surface area contributed by atoms with Crippen LogP contribution in [0.1, 0.15) is 31.2 Å². The molecular weight excluding hydrogens is 487 g/mol. The lowest BCUT2D eigenvalue weighted by Gasteiger charge is -2.51. The van der Waals surface area contributed by atoms with Gasteiger partial charge in [0.15, 0.2) is 0 Å². The summed E-state index contributed by atoms with van der Waals surface area (Å²) in [6.07, 6.45) is 3.79. The highest BCUT2D eigenvalue weighted by Crippen LogP contribution is 2.49. The molecule has 4 aliphatic rings. The van der Waals surface area contributed by atoms with Gasteiger partial charge in [-0.15, -0.1) is 0 Å². The lowest BCUT2D eigenvalue weighted by Crippen LogP contribution is -2.65. The molecule has 1 spiro atoms. The van der Waals surface area contributed by atoms with Crippen LogP contribution in [0.5, 0.6) is 0 Å². The fourth-order valence-electron chi connectivity index (χ4n) is 6.07. The lowest BCUT2D eigenvalue weighted by molar-refractivity contribution is -0.139. The molecule has 192 valence electrons. The van der Waals surface area contributed by atoms with E-state index in [2.05, 4.69) is 5.32 Å². The molecule has 4 fully saturated rings. The number of sulfone groups is 1. The summed E-state index contributed by atoms with van der Waals surface area (Å²) in [5, 5.41) is 2.90. The first-order chi connectivity index (χ1) is 16.5. The number of rotatable bonds is 3. The number of nitrogens with zero attached hydrogens (tertiary/aromatic N) is 2. The fraction of sp³-hybridized carbons (Fsp3) is 0.652. The molecule has 0 unspecified atom stereocenters. The molecule has 12 heteroatoms. The molecule has 8 nitrogen and oxygen atoms in total. The third kappa shape index (κ3) is 4.62. The molecule has 1 aliphatic carbocycles. The normalized spacial score (nSPS) is 28.4. The molecule has 3 saturated heterocycles. The maximum absolute atomic E-state index is 13.0. The summed E-state index contributed by atoms with van der Waals surface area (Å²) in [4.78, 5) is 27.5. The van der Waals surface area contributed by atoms with Crippen molar-refractivity contribution >= 4 is 21.8 Å². The molecule has 1 N–H and O–H groups in total. The van der Waals surface area contributed by atoms with Gasteiger partial charge >= 0.3 is 11.5 Å². The average molecular weight is 516 g/mol. The SMILES string of the molecule is O=C1CO[C@H]2CCN(C(=O)N3CC4(CC[C@H](Cc5cccc(S(=O)(=O)C(F)(F)F)c5)C4)C3)C[C@H]2N1. The Hall–Kier alpha value is -2.34. The number of nitrogens with one attached hydrogen (secondary N) is 1. The quantitative estimate of drug-likeness (QED) is 0.667. The van der Waals surface area contributed by atoms with E-state index in [9.17, 15) is 31.2 Å². The Bertz CT molecular complexity index is 1120. The number of amides is 3. The third-order valence-corrected chi connectivity index (χ3v) is 9.24. The van der Waals surface area contributed by atoms with Gasteiger partial charge in [-0.1, -0.05) is 12.1 Å². The van der Waals surface area contributed by atoms with Crippen LogP contribution in [-0.4, -0.2) is 80.6 Å². The third-order valence-electron chi connectivity index (χ3n) is 7.76. The van der Waals surface area contributed by atoms with Crippen LogP contribution in [0.25, 0.3) is 0 Å². The van der Waals surface area contributed by atoms with Gasteiger partial charge in [0.1, 0.15) is 6.61 Å². The molecule has 5 rings (SSSR count). The molecule has 3 amide bonds. The average Bonchev–Trinajstić information content (AvgIpc) is 3.20. The van der Waals surface area contributed by atoms with E-state index in [0.29, 0.717) is 44.6 Å². The molecule has 0 bridgehead atoms. The van der Waals surface area contributed by atoms with Crippen LogP contribution in [0.15, 0.2) is 29.2 Å². The summed E-state index contributed by atoms with van der Waals surface area (Å²) in [5.74, 6) is 0.0587. The van der Waals surface area contributed by atoms with Crippen molar-refractivity contribution in [1.29, 1.82) is 0 Å². The zero-order valence-corrected chi connectivity index (χ0v) is 19.9. The van der Waals surface area contributed by atoms with Crippen LogP contribution in [0, 0.1) is 11.3 Å². The van der Waals surface area contributed by atoms with Gasteiger partial charge in [-0.05, 0) is 55.7 Å². The van der Waals surface area contributed by atoms with Crippen LogP contribution in [0.4, 0.5) is 18.0 Å². The molecule has 3 atom stereocenters. The molecule has 1 saturated carbocycles. The Morgan fingerprint density at radius 2 is 1.97 bits per heavy atom. The highest BCUT2D eigenvalue weighted by molar-refractivity contribution is 7.92. The minimum Gasteiger partial charge on any atom is -0.366 e. The number of likely N-dealkylation sites (tertiary alicyclic amines) is 2. The number of carbonyl (C=O) groups excluding carboxylic acids is 2. The second-order valence-electron chi connectivity index (χ2n) is 10.3. The number of hydrogen-bond donors (Lipinski definition) is 1. The van der Waals surface area contributed by atoms with E-state index in [-0.39, 0.29) is 42.0 Å². The Morgan fingerprint density at radius 1 is 1.20 bits per heavy atom. The van der Waals surface area contributed by atoms with E-state index in [1.165, 1.54) is 6.07 Å². The summed E-state index contributed by atoms with van der Waals surface area (Å²) in [6, 6.07) is 4.90. The van der Waals surface area contributed by atoms with Gasteiger partial charge in [0.2, 0.25) is 5.91 Å². The first-order valence-electron chi connectivity index (χ1n) is 11.8. The highest BCUT2D eigenvalue weighted by atomic mass is 32.2. The van der Waals surface area contributed by atoms with Crippen LogP contribution >= 0.6 is 0 Å². The summed E-state index contributed by atoms with van der Waals surface area (Å²) in [7, 11) is -5.37. The number of ether oxygens (including phenoxy) is 1. The van der Waals surface area contributed by atoms with Crippen molar-refractivity contribution in [3.8, 4) is 0 Å². The largest absolute Gasteiger partial charge is 0.501 e. The number of halogens is 3. The van der Waals surface area contributed by atoms with Gasteiger partial charge in [-0.3, -0.25) is 4.79 Å². The minimum absolute atomic E-state index is 0.0104. The second kappa shape index (κ2) is 8.65. The lowest BCUT2D eigenvalue weighted by atomic mass is 9.77. The number of fused-ring (bicyclic) bond motifs is 1. The number of urea groups is 1. The van der Waals surface area contributed by atoms with Crippen molar-refractivity contribution < 1.29 is 35.9 Å². The molecule has 0 aromatic heterocycles. The van der Waals surface area contributed by atoms with Crippen LogP contribution in [0.2, 0.25) is 0 Å². The van der Waals surface area contributed by atoms with Gasteiger partial charge < -0.3 is 19.9 Å². The van der Waals surface area contributed by atoms with Gasteiger partial charge in [0.05, 0.1) is 17.0 Å². The zero-order valence-electron chi connectivity index (χ0n) is 19.1. The van der Waals surface area contributed by atoms with Gasteiger partial charge in [-0.2, -0.15) is 13.2 Å². The van der Waals surface area contributed by atoms with Crippen LogP contribution in [0.3, 0.4) is 0 Å². The van der Waals surface area contributed by atoms with Crippen molar-refractivity contribution in [2.75, 3.05) is 32.8 Å². The van der Waals surface area contributed by atoms with Crippen molar-refractivity contribution in [2.45, 2.75) is 54.7 Å². The number of carbonyl (C=O) groups is 2.